The van der Waals surface area contributed by atoms with Crippen LogP contribution in [0.15, 0.2) is 42.5 Å². The van der Waals surface area contributed by atoms with Crippen molar-refractivity contribution in [2.45, 2.75) is 26.2 Å². The summed E-state index contributed by atoms with van der Waals surface area (Å²) in [6.45, 7) is 4.33. The van der Waals surface area contributed by atoms with Gasteiger partial charge in [-0.15, -0.1) is 0 Å². The van der Waals surface area contributed by atoms with Crippen LogP contribution in [0.2, 0.25) is 10.0 Å². The predicted molar refractivity (Wildman–Crippen MR) is 134 cm³/mol. The number of hydrogen-bond donors (Lipinski definition) is 0. The highest BCUT2D eigenvalue weighted by Gasteiger charge is 2.26. The van der Waals surface area contributed by atoms with Gasteiger partial charge in [0.2, 0.25) is 5.91 Å². The van der Waals surface area contributed by atoms with E-state index in [0.717, 1.165) is 12.0 Å². The first-order valence-electron chi connectivity index (χ1n) is 11.4. The van der Waals surface area contributed by atoms with Crippen LogP contribution in [0, 0.1) is 0 Å². The minimum atomic E-state index is -0.544. The molecular weight excluding hydrogens is 475 g/mol. The van der Waals surface area contributed by atoms with Gasteiger partial charge in [0.25, 0.3) is 0 Å². The zero-order chi connectivity index (χ0) is 24.1. The molecule has 1 fully saturated rings. The molecule has 2 aromatic carbocycles. The molecule has 2 heterocycles. The van der Waals surface area contributed by atoms with Crippen molar-refractivity contribution in [1.29, 1.82) is 0 Å². The number of aromatic nitrogens is 2. The van der Waals surface area contributed by atoms with E-state index in [-0.39, 0.29) is 18.2 Å². The summed E-state index contributed by atoms with van der Waals surface area (Å²) in [5.74, 6) is 0.0169. The summed E-state index contributed by atoms with van der Waals surface area (Å²) in [5, 5.41) is 0.704. The van der Waals surface area contributed by atoms with Gasteiger partial charge in [-0.2, -0.15) is 0 Å². The number of carbonyl (C=O) groups excluding carboxylic acids is 2. The number of esters is 1. The van der Waals surface area contributed by atoms with Crippen LogP contribution in [0.5, 0.6) is 0 Å². The lowest BCUT2D eigenvalue weighted by molar-refractivity contribution is -0.130. The molecule has 7 nitrogen and oxygen atoms in total. The molecule has 0 radical (unpaired) electrons. The summed E-state index contributed by atoms with van der Waals surface area (Å²) in [4.78, 5) is 38.7. The number of anilines is 1. The molecule has 1 saturated heterocycles. The lowest BCUT2D eigenvalue weighted by atomic mass is 10.1. The van der Waals surface area contributed by atoms with E-state index in [1.54, 1.807) is 19.1 Å². The Labute approximate surface area is 208 Å². The van der Waals surface area contributed by atoms with Crippen molar-refractivity contribution < 1.29 is 14.3 Å². The molecule has 0 unspecified atom stereocenters. The molecule has 0 saturated carbocycles. The number of rotatable bonds is 6. The molecule has 9 heteroatoms. The third-order valence-corrected chi connectivity index (χ3v) is 6.50. The zero-order valence-electron chi connectivity index (χ0n) is 19.0. The fourth-order valence-electron chi connectivity index (χ4n) is 4.03. The van der Waals surface area contributed by atoms with E-state index in [1.807, 2.05) is 40.1 Å². The summed E-state index contributed by atoms with van der Waals surface area (Å²) < 4.78 is 5.24. The third kappa shape index (κ3) is 5.59. The van der Waals surface area contributed by atoms with Gasteiger partial charge in [-0.25, -0.2) is 14.8 Å². The van der Waals surface area contributed by atoms with Crippen LogP contribution < -0.4 is 4.90 Å². The van der Waals surface area contributed by atoms with Crippen LogP contribution in [-0.2, 0) is 16.0 Å². The molecule has 0 aliphatic carbocycles. The summed E-state index contributed by atoms with van der Waals surface area (Å²) in [6, 6.07) is 13.2. The fraction of sp³-hybridized carbons (Fsp3) is 0.360. The monoisotopic (exact) mass is 500 g/mol. The number of ether oxygens (including phenoxy) is 1. The van der Waals surface area contributed by atoms with Gasteiger partial charge in [0.1, 0.15) is 0 Å². The molecule has 1 aliphatic rings. The van der Waals surface area contributed by atoms with Crippen molar-refractivity contribution >= 4 is 51.9 Å². The Morgan fingerprint density at radius 2 is 1.68 bits per heavy atom. The first-order valence-corrected chi connectivity index (χ1v) is 12.1. The van der Waals surface area contributed by atoms with Gasteiger partial charge < -0.3 is 14.5 Å². The van der Waals surface area contributed by atoms with Gasteiger partial charge in [0, 0.05) is 32.6 Å². The molecule has 0 N–H and O–H groups in total. The van der Waals surface area contributed by atoms with E-state index in [4.69, 9.17) is 32.9 Å². The van der Waals surface area contributed by atoms with Gasteiger partial charge in [-0.1, -0.05) is 53.5 Å². The van der Waals surface area contributed by atoms with Gasteiger partial charge in [-0.05, 0) is 37.5 Å². The van der Waals surface area contributed by atoms with E-state index in [9.17, 15) is 9.59 Å². The third-order valence-electron chi connectivity index (χ3n) is 5.78. The van der Waals surface area contributed by atoms with Crippen LogP contribution >= 0.6 is 23.2 Å². The van der Waals surface area contributed by atoms with Crippen molar-refractivity contribution in [1.82, 2.24) is 14.9 Å². The smallest absolute Gasteiger partial charge is 0.360 e. The Morgan fingerprint density at radius 3 is 2.38 bits per heavy atom. The second-order valence-electron chi connectivity index (χ2n) is 8.08. The zero-order valence-corrected chi connectivity index (χ0v) is 20.5. The first-order chi connectivity index (χ1) is 16.5. The van der Waals surface area contributed by atoms with Crippen LogP contribution in [-0.4, -0.2) is 59.5 Å². The summed E-state index contributed by atoms with van der Waals surface area (Å²) in [6.07, 6.45) is 1.93. The summed E-state index contributed by atoms with van der Waals surface area (Å²) in [7, 11) is 0. The maximum Gasteiger partial charge on any atom is 0.360 e. The average Bonchev–Trinajstić information content (AvgIpc) is 3.10. The van der Waals surface area contributed by atoms with Crippen molar-refractivity contribution in [3.05, 3.63) is 63.8 Å². The molecular formula is C25H26Cl2N4O3. The largest absolute Gasteiger partial charge is 0.461 e. The fourth-order valence-corrected chi connectivity index (χ4v) is 4.35. The maximum absolute atomic E-state index is 12.9. The number of fused-ring (bicyclic) bond motifs is 1. The number of carbonyl (C=O) groups is 2. The number of benzene rings is 2. The number of halogens is 2. The Hall–Kier alpha value is -2.90. The van der Waals surface area contributed by atoms with Crippen molar-refractivity contribution in [3.8, 4) is 0 Å². The number of nitrogens with zero attached hydrogens (tertiary/aromatic N) is 4. The second-order valence-corrected chi connectivity index (χ2v) is 8.89. The lowest BCUT2D eigenvalue weighted by Gasteiger charge is -2.24. The average molecular weight is 501 g/mol. The molecule has 0 spiro atoms. The summed E-state index contributed by atoms with van der Waals surface area (Å²) >= 11 is 12.3. The van der Waals surface area contributed by atoms with Crippen molar-refractivity contribution in [2.75, 3.05) is 37.7 Å². The Kier molecular flexibility index (Phi) is 7.85. The number of amides is 1. The van der Waals surface area contributed by atoms with Gasteiger partial charge >= 0.3 is 5.97 Å². The van der Waals surface area contributed by atoms with Crippen LogP contribution in [0.4, 0.5) is 5.82 Å². The SMILES string of the molecule is CCOC(=O)c1nc2cc(Cl)c(Cl)cc2nc1N1CCCN(C(=O)CCc2ccccc2)CC1. The van der Waals surface area contributed by atoms with Crippen molar-refractivity contribution in [3.63, 3.8) is 0 Å². The van der Waals surface area contributed by atoms with Gasteiger partial charge in [-0.3, -0.25) is 4.79 Å². The minimum absolute atomic E-state index is 0.127. The molecule has 1 aliphatic heterocycles. The Morgan fingerprint density at radius 1 is 0.971 bits per heavy atom. The number of aryl methyl sites for hydroxylation is 1. The van der Waals surface area contributed by atoms with E-state index in [1.165, 1.54) is 0 Å². The standard InChI is InChI=1S/C25H26Cl2N4O3/c1-2-34-25(33)23-24(29-21-16-19(27)18(26)15-20(21)28-23)31-12-6-11-30(13-14-31)22(32)10-9-17-7-4-3-5-8-17/h3-5,7-8,15-16H,2,6,9-14H2,1H3. The van der Waals surface area contributed by atoms with E-state index in [0.29, 0.717) is 65.9 Å². The Balaban J connectivity index is 1.54. The van der Waals surface area contributed by atoms with E-state index >= 15 is 0 Å². The molecule has 1 amide bonds. The summed E-state index contributed by atoms with van der Waals surface area (Å²) in [5.41, 5.74) is 2.29. The first kappa shape index (κ1) is 24.2. The second kappa shape index (κ2) is 11.0. The molecule has 0 bridgehead atoms. The van der Waals surface area contributed by atoms with Crippen LogP contribution in [0.3, 0.4) is 0 Å². The van der Waals surface area contributed by atoms with Crippen LogP contribution in [0.25, 0.3) is 11.0 Å². The molecule has 178 valence electrons. The highest BCUT2D eigenvalue weighted by molar-refractivity contribution is 6.42. The molecule has 1 aromatic heterocycles. The lowest BCUT2D eigenvalue weighted by Crippen LogP contribution is -2.36. The quantitative estimate of drug-likeness (QED) is 0.453. The molecule has 0 atom stereocenters. The van der Waals surface area contributed by atoms with E-state index in [2.05, 4.69) is 4.98 Å². The molecule has 34 heavy (non-hydrogen) atoms. The van der Waals surface area contributed by atoms with E-state index < -0.39 is 5.97 Å². The molecule has 4 rings (SSSR count). The number of hydrogen-bond acceptors (Lipinski definition) is 6. The topological polar surface area (TPSA) is 75.6 Å². The normalized spacial score (nSPS) is 14.2. The van der Waals surface area contributed by atoms with Crippen LogP contribution in [0.1, 0.15) is 35.8 Å². The highest BCUT2D eigenvalue weighted by atomic mass is 35.5. The van der Waals surface area contributed by atoms with Crippen molar-refractivity contribution in [2.24, 2.45) is 0 Å². The van der Waals surface area contributed by atoms with Gasteiger partial charge in [0.15, 0.2) is 11.5 Å². The highest BCUT2D eigenvalue weighted by Crippen LogP contribution is 2.29. The maximum atomic E-state index is 12.9. The Bertz CT molecular complexity index is 1190. The van der Waals surface area contributed by atoms with Gasteiger partial charge in [0.05, 0.1) is 27.7 Å². The minimum Gasteiger partial charge on any atom is -0.461 e. The molecule has 3 aromatic rings. The predicted octanol–water partition coefficient (Wildman–Crippen LogP) is 4.78.